The standard InChI is InChI=1S/C48H84NO12P/c1-8-10-18-24-39(50)30-31-42-41(43(51)34-44(42)52)25-22-23-29-48(54)60-40(36-59-62(55,56)58-33-32-49(5,6)7)35-57-47(53)28-21-17-15-13-12-14-16-20-27-46-38(4)37(3)45(61-46)26-19-11-9-2/h22-23,30-31,39-44,50-52H,8-21,24-29,32-36H2,1-7H3/b23-22-,31-30+/t39-,40-,41+,42-,43+,44-/m1/s1. The number of esters is 2. The Labute approximate surface area is 373 Å². The highest BCUT2D eigenvalue weighted by atomic mass is 31.2. The molecule has 0 spiro atoms. The van der Waals surface area contributed by atoms with Crippen molar-refractivity contribution < 1.29 is 61.8 Å². The zero-order valence-corrected chi connectivity index (χ0v) is 40.3. The summed E-state index contributed by atoms with van der Waals surface area (Å²) in [5, 5.41) is 31.5. The highest BCUT2D eigenvalue weighted by molar-refractivity contribution is 7.45. The van der Waals surface area contributed by atoms with Gasteiger partial charge in [0.05, 0.1) is 52.5 Å². The molecule has 0 radical (unpaired) electrons. The molecule has 0 amide bonds. The summed E-state index contributed by atoms with van der Waals surface area (Å²) in [6, 6.07) is 0. The molecule has 1 aliphatic rings. The Bertz CT molecular complexity index is 1500. The van der Waals surface area contributed by atoms with Crippen LogP contribution < -0.4 is 4.89 Å². The molecule has 0 bridgehead atoms. The highest BCUT2D eigenvalue weighted by Crippen LogP contribution is 2.39. The molecule has 13 nitrogen and oxygen atoms in total. The molecule has 358 valence electrons. The number of ether oxygens (including phenoxy) is 2. The van der Waals surface area contributed by atoms with E-state index in [-0.39, 0.29) is 44.3 Å². The average Bonchev–Trinajstić information content (AvgIpc) is 3.63. The van der Waals surface area contributed by atoms with E-state index in [0.29, 0.717) is 30.3 Å². The zero-order chi connectivity index (χ0) is 46.0. The maximum Gasteiger partial charge on any atom is 0.310 e. The fourth-order valence-electron chi connectivity index (χ4n) is 7.69. The summed E-state index contributed by atoms with van der Waals surface area (Å²) in [4.78, 5) is 38.0. The molecule has 1 heterocycles. The van der Waals surface area contributed by atoms with Gasteiger partial charge in [0, 0.05) is 31.6 Å². The quantitative estimate of drug-likeness (QED) is 0.0194. The van der Waals surface area contributed by atoms with E-state index in [0.717, 1.165) is 88.6 Å². The van der Waals surface area contributed by atoms with Gasteiger partial charge in [-0.05, 0) is 63.0 Å². The van der Waals surface area contributed by atoms with E-state index in [9.17, 15) is 34.4 Å². The molecule has 62 heavy (non-hydrogen) atoms. The molecule has 1 unspecified atom stereocenters. The molecular formula is C48H84NO12P. The molecule has 1 fully saturated rings. The maximum atomic E-state index is 12.9. The number of phosphoric acid groups is 1. The van der Waals surface area contributed by atoms with Gasteiger partial charge >= 0.3 is 11.9 Å². The van der Waals surface area contributed by atoms with Gasteiger partial charge in [0.1, 0.15) is 31.3 Å². The van der Waals surface area contributed by atoms with Gasteiger partial charge in [0.2, 0.25) is 0 Å². The SMILES string of the molecule is CCCCCc1oc(CCCCCCCCCCC(=O)OC[C@H](COP(=O)([O-])OCC[N+](C)(C)C)OC(=O)C/C=C\C[C@H]2[C@@H](/C=C/[C@H](O)CCCCC)[C@H](O)C[C@@H]2O)c(C)c1C. The number of phosphoric ester groups is 1. The number of hydrogen-bond acceptors (Lipinski definition) is 12. The third-order valence-corrected chi connectivity index (χ3v) is 12.7. The minimum Gasteiger partial charge on any atom is -0.756 e. The van der Waals surface area contributed by atoms with Gasteiger partial charge in [0.15, 0.2) is 6.10 Å². The van der Waals surface area contributed by atoms with Crippen LogP contribution >= 0.6 is 7.82 Å². The fraction of sp³-hybridized carbons (Fsp3) is 0.792. The topological polar surface area (TPSA) is 185 Å². The number of furan rings is 1. The third kappa shape index (κ3) is 24.1. The van der Waals surface area contributed by atoms with Crippen molar-refractivity contribution in [2.24, 2.45) is 11.8 Å². The summed E-state index contributed by atoms with van der Waals surface area (Å²) in [7, 11) is 0.950. The van der Waals surface area contributed by atoms with Gasteiger partial charge in [-0.15, -0.1) is 0 Å². The number of aliphatic hydroxyl groups excluding tert-OH is 3. The van der Waals surface area contributed by atoms with Crippen molar-refractivity contribution in [2.45, 2.75) is 187 Å². The largest absolute Gasteiger partial charge is 0.756 e. The number of likely N-dealkylation sites (N-methyl/N-ethyl adjacent to an activating group) is 1. The lowest BCUT2D eigenvalue weighted by Crippen LogP contribution is -2.37. The van der Waals surface area contributed by atoms with Gasteiger partial charge < -0.3 is 47.6 Å². The molecule has 0 aromatic carbocycles. The predicted octanol–water partition coefficient (Wildman–Crippen LogP) is 8.54. The van der Waals surface area contributed by atoms with Gasteiger partial charge in [-0.3, -0.25) is 14.2 Å². The van der Waals surface area contributed by atoms with Crippen molar-refractivity contribution in [3.8, 4) is 0 Å². The Morgan fingerprint density at radius 2 is 1.42 bits per heavy atom. The number of carbonyl (C=O) groups excluding carboxylic acids is 2. The van der Waals surface area contributed by atoms with Gasteiger partial charge in [-0.1, -0.05) is 109 Å². The Morgan fingerprint density at radius 1 is 0.823 bits per heavy atom. The normalized spacial score (nSPS) is 20.2. The monoisotopic (exact) mass is 898 g/mol. The fourth-order valence-corrected chi connectivity index (χ4v) is 8.42. The van der Waals surface area contributed by atoms with Gasteiger partial charge in [0.25, 0.3) is 7.82 Å². The van der Waals surface area contributed by atoms with Crippen LogP contribution in [0, 0.1) is 25.7 Å². The number of allylic oxidation sites excluding steroid dienone is 1. The van der Waals surface area contributed by atoms with E-state index in [1.165, 1.54) is 30.4 Å². The minimum atomic E-state index is -4.73. The molecule has 3 N–H and O–H groups in total. The van der Waals surface area contributed by atoms with Crippen molar-refractivity contribution in [1.82, 2.24) is 0 Å². The molecule has 1 saturated carbocycles. The Balaban J connectivity index is 1.78. The molecule has 7 atom stereocenters. The van der Waals surface area contributed by atoms with Crippen LogP contribution in [-0.4, -0.2) is 104 Å². The second kappa shape index (κ2) is 30.7. The van der Waals surface area contributed by atoms with Crippen molar-refractivity contribution in [1.29, 1.82) is 0 Å². The number of nitrogens with zero attached hydrogens (tertiary/aromatic N) is 1. The number of hydrogen-bond donors (Lipinski definition) is 3. The first-order chi connectivity index (χ1) is 29.5. The summed E-state index contributed by atoms with van der Waals surface area (Å²) in [6.07, 6.45) is 21.6. The van der Waals surface area contributed by atoms with Crippen LogP contribution in [0.1, 0.15) is 158 Å². The number of carbonyl (C=O) groups is 2. The second-order valence-corrected chi connectivity index (χ2v) is 19.8. The van der Waals surface area contributed by atoms with Crippen LogP contribution in [0.4, 0.5) is 0 Å². The minimum absolute atomic E-state index is 0.0946. The Hall–Kier alpha value is -2.35. The van der Waals surface area contributed by atoms with Crippen LogP contribution in [0.2, 0.25) is 0 Å². The van der Waals surface area contributed by atoms with Gasteiger partial charge in [-0.25, -0.2) is 0 Å². The molecule has 1 aromatic rings. The number of unbranched alkanes of at least 4 members (excludes halogenated alkanes) is 11. The summed E-state index contributed by atoms with van der Waals surface area (Å²) in [6.45, 7) is 8.02. The van der Waals surface area contributed by atoms with E-state index in [2.05, 4.69) is 27.7 Å². The lowest BCUT2D eigenvalue weighted by Gasteiger charge is -2.28. The average molecular weight is 898 g/mol. The van der Waals surface area contributed by atoms with E-state index >= 15 is 0 Å². The molecule has 14 heteroatoms. The highest BCUT2D eigenvalue weighted by Gasteiger charge is 2.39. The zero-order valence-electron chi connectivity index (χ0n) is 39.4. The Kier molecular flexibility index (Phi) is 27.6. The first-order valence-electron chi connectivity index (χ1n) is 23.7. The Morgan fingerprint density at radius 3 is 2.05 bits per heavy atom. The van der Waals surface area contributed by atoms with E-state index in [4.69, 9.17) is 22.9 Å². The predicted molar refractivity (Wildman–Crippen MR) is 241 cm³/mol. The number of aliphatic hydroxyl groups is 3. The van der Waals surface area contributed by atoms with Crippen LogP contribution in [0.3, 0.4) is 0 Å². The van der Waals surface area contributed by atoms with Crippen LogP contribution in [-0.2, 0) is 45.5 Å². The van der Waals surface area contributed by atoms with E-state index < -0.39 is 50.8 Å². The molecule has 0 aliphatic heterocycles. The molecular weight excluding hydrogens is 813 g/mol. The lowest BCUT2D eigenvalue weighted by molar-refractivity contribution is -0.870. The summed E-state index contributed by atoms with van der Waals surface area (Å²) < 4.78 is 40.1. The molecule has 0 saturated heterocycles. The smallest absolute Gasteiger partial charge is 0.310 e. The van der Waals surface area contributed by atoms with Crippen molar-refractivity contribution in [3.63, 3.8) is 0 Å². The summed E-state index contributed by atoms with van der Waals surface area (Å²) >= 11 is 0. The molecule has 2 rings (SSSR count). The second-order valence-electron chi connectivity index (χ2n) is 18.3. The van der Waals surface area contributed by atoms with Crippen LogP contribution in [0.15, 0.2) is 28.7 Å². The maximum absolute atomic E-state index is 12.9. The summed E-state index contributed by atoms with van der Waals surface area (Å²) in [5.41, 5.74) is 2.62. The first kappa shape index (κ1) is 55.8. The van der Waals surface area contributed by atoms with Gasteiger partial charge in [-0.2, -0.15) is 0 Å². The van der Waals surface area contributed by atoms with E-state index in [1.807, 2.05) is 21.1 Å². The van der Waals surface area contributed by atoms with Crippen LogP contribution in [0.5, 0.6) is 0 Å². The van der Waals surface area contributed by atoms with Crippen molar-refractivity contribution in [2.75, 3.05) is 47.5 Å². The lowest BCUT2D eigenvalue weighted by atomic mass is 9.89. The number of rotatable bonds is 35. The number of aryl methyl sites for hydroxylation is 2. The van der Waals surface area contributed by atoms with Crippen molar-refractivity contribution >= 4 is 19.8 Å². The third-order valence-electron chi connectivity index (χ3n) is 11.8. The number of quaternary nitrogens is 1. The van der Waals surface area contributed by atoms with E-state index in [1.54, 1.807) is 24.3 Å². The van der Waals surface area contributed by atoms with Crippen molar-refractivity contribution in [3.05, 3.63) is 47.0 Å². The van der Waals surface area contributed by atoms with Crippen LogP contribution in [0.25, 0.3) is 0 Å². The summed E-state index contributed by atoms with van der Waals surface area (Å²) in [5.74, 6) is 0.498. The molecule has 1 aliphatic carbocycles. The molecule has 1 aromatic heterocycles. The first-order valence-corrected chi connectivity index (χ1v) is 25.1.